The number of nitrogens with zero attached hydrogens (tertiary/aromatic N) is 2. The molecule has 3 rings (SSSR count). The van der Waals surface area contributed by atoms with Crippen molar-refractivity contribution in [2.75, 3.05) is 4.72 Å². The molecule has 3 aromatic heterocycles. The number of anilines is 1. The van der Waals surface area contributed by atoms with Gasteiger partial charge in [-0.05, 0) is 32.0 Å². The Bertz CT molecular complexity index is 899. The summed E-state index contributed by atoms with van der Waals surface area (Å²) in [6, 6.07) is 7.15. The molecule has 0 saturated carbocycles. The molecule has 22 heavy (non-hydrogen) atoms. The molecular formula is C14H13N3O2S3. The summed E-state index contributed by atoms with van der Waals surface area (Å²) in [5.41, 5.74) is 1.70. The summed E-state index contributed by atoms with van der Waals surface area (Å²) in [5.74, 6) is 0. The van der Waals surface area contributed by atoms with Gasteiger partial charge in [0.2, 0.25) is 0 Å². The second-order valence-electron chi connectivity index (χ2n) is 4.65. The van der Waals surface area contributed by atoms with E-state index in [0.29, 0.717) is 9.34 Å². The smallest absolute Gasteiger partial charge is 0.264 e. The summed E-state index contributed by atoms with van der Waals surface area (Å²) in [4.78, 5) is 10.2. The summed E-state index contributed by atoms with van der Waals surface area (Å²) in [5, 5.41) is 0.363. The molecule has 0 fully saturated rings. The Hall–Kier alpha value is -1.77. The number of sulfonamides is 1. The lowest BCUT2D eigenvalue weighted by molar-refractivity contribution is 0.603. The minimum atomic E-state index is -3.58. The Kier molecular flexibility index (Phi) is 3.98. The Morgan fingerprint density at radius 3 is 2.59 bits per heavy atom. The van der Waals surface area contributed by atoms with Gasteiger partial charge in [-0.2, -0.15) is 0 Å². The Morgan fingerprint density at radius 2 is 1.95 bits per heavy atom. The monoisotopic (exact) mass is 351 g/mol. The summed E-state index contributed by atoms with van der Waals surface area (Å²) in [6.07, 6.45) is 3.43. The fourth-order valence-electron chi connectivity index (χ4n) is 1.93. The topological polar surface area (TPSA) is 72.0 Å². The molecule has 0 aliphatic rings. The average molecular weight is 351 g/mol. The first-order valence-electron chi connectivity index (χ1n) is 6.43. The number of nitrogens with one attached hydrogen (secondary N) is 1. The highest BCUT2D eigenvalue weighted by Gasteiger charge is 2.19. The van der Waals surface area contributed by atoms with Crippen molar-refractivity contribution in [1.29, 1.82) is 0 Å². The lowest BCUT2D eigenvalue weighted by Gasteiger charge is -2.01. The van der Waals surface area contributed by atoms with E-state index in [1.165, 1.54) is 22.7 Å². The fraction of sp³-hybridized carbons (Fsp3) is 0.143. The van der Waals surface area contributed by atoms with Gasteiger partial charge in [0.1, 0.15) is 4.21 Å². The van der Waals surface area contributed by atoms with Crippen LogP contribution in [0, 0.1) is 13.8 Å². The zero-order chi connectivity index (χ0) is 15.7. The predicted octanol–water partition coefficient (Wildman–Crippen LogP) is 3.68. The summed E-state index contributed by atoms with van der Waals surface area (Å²) < 4.78 is 27.5. The van der Waals surface area contributed by atoms with Crippen molar-refractivity contribution in [3.8, 4) is 10.4 Å². The maximum Gasteiger partial charge on any atom is 0.273 e. The number of pyridine rings is 1. The fourth-order valence-corrected chi connectivity index (χ4v) is 5.40. The Balaban J connectivity index is 1.91. The van der Waals surface area contributed by atoms with Gasteiger partial charge in [0, 0.05) is 22.8 Å². The molecule has 114 valence electrons. The molecule has 0 unspecified atom stereocenters. The van der Waals surface area contributed by atoms with Crippen LogP contribution in [0.3, 0.4) is 0 Å². The van der Waals surface area contributed by atoms with Crippen LogP contribution < -0.4 is 4.72 Å². The first-order valence-corrected chi connectivity index (χ1v) is 9.54. The molecular weight excluding hydrogens is 338 g/mol. The maximum absolute atomic E-state index is 12.3. The van der Waals surface area contributed by atoms with Crippen molar-refractivity contribution < 1.29 is 8.42 Å². The molecule has 0 bridgehead atoms. The van der Waals surface area contributed by atoms with Gasteiger partial charge in [-0.15, -0.1) is 11.3 Å². The quantitative estimate of drug-likeness (QED) is 0.778. The van der Waals surface area contributed by atoms with E-state index in [0.717, 1.165) is 21.0 Å². The van der Waals surface area contributed by atoms with E-state index in [1.807, 2.05) is 26.0 Å². The second-order valence-corrected chi connectivity index (χ2v) is 8.84. The van der Waals surface area contributed by atoms with Crippen LogP contribution in [0.5, 0.6) is 0 Å². The lowest BCUT2D eigenvalue weighted by atomic mass is 10.2. The van der Waals surface area contributed by atoms with Crippen LogP contribution >= 0.6 is 22.7 Å². The van der Waals surface area contributed by atoms with Crippen LogP contribution in [0.1, 0.15) is 10.6 Å². The second kappa shape index (κ2) is 5.79. The van der Waals surface area contributed by atoms with Crippen LogP contribution in [-0.2, 0) is 10.0 Å². The van der Waals surface area contributed by atoms with Gasteiger partial charge < -0.3 is 0 Å². The van der Waals surface area contributed by atoms with E-state index in [1.54, 1.807) is 24.5 Å². The van der Waals surface area contributed by atoms with Gasteiger partial charge >= 0.3 is 0 Å². The summed E-state index contributed by atoms with van der Waals surface area (Å²) >= 11 is 2.54. The van der Waals surface area contributed by atoms with Crippen molar-refractivity contribution in [2.24, 2.45) is 0 Å². The Morgan fingerprint density at radius 1 is 1.14 bits per heavy atom. The molecule has 8 heteroatoms. The van der Waals surface area contributed by atoms with Crippen LogP contribution in [0.2, 0.25) is 0 Å². The van der Waals surface area contributed by atoms with Gasteiger partial charge in [0.05, 0.1) is 10.6 Å². The van der Waals surface area contributed by atoms with Crippen LogP contribution in [0.4, 0.5) is 5.13 Å². The van der Waals surface area contributed by atoms with Crippen LogP contribution in [0.15, 0.2) is 40.9 Å². The first-order chi connectivity index (χ1) is 10.5. The zero-order valence-electron chi connectivity index (χ0n) is 11.9. The van der Waals surface area contributed by atoms with Gasteiger partial charge in [-0.1, -0.05) is 17.4 Å². The van der Waals surface area contributed by atoms with Crippen LogP contribution in [0.25, 0.3) is 10.4 Å². The number of aromatic nitrogens is 2. The van der Waals surface area contributed by atoms with Gasteiger partial charge in [0.25, 0.3) is 10.0 Å². The molecule has 3 aromatic rings. The van der Waals surface area contributed by atoms with Crippen molar-refractivity contribution in [1.82, 2.24) is 9.97 Å². The van der Waals surface area contributed by atoms with Crippen molar-refractivity contribution in [2.45, 2.75) is 18.1 Å². The Labute approximate surface area is 136 Å². The highest BCUT2D eigenvalue weighted by atomic mass is 32.2. The number of aryl methyl sites for hydroxylation is 2. The normalized spacial score (nSPS) is 11.5. The van der Waals surface area contributed by atoms with E-state index >= 15 is 0 Å². The van der Waals surface area contributed by atoms with E-state index < -0.39 is 10.0 Å². The summed E-state index contributed by atoms with van der Waals surface area (Å²) in [7, 11) is -3.58. The molecule has 0 aliphatic carbocycles. The lowest BCUT2D eigenvalue weighted by Crippen LogP contribution is -2.11. The number of thiophene rings is 1. The van der Waals surface area contributed by atoms with E-state index in [2.05, 4.69) is 14.7 Å². The van der Waals surface area contributed by atoms with Crippen molar-refractivity contribution >= 4 is 37.8 Å². The molecule has 1 N–H and O–H groups in total. The van der Waals surface area contributed by atoms with Gasteiger partial charge in [-0.25, -0.2) is 13.4 Å². The van der Waals surface area contributed by atoms with E-state index in [4.69, 9.17) is 0 Å². The average Bonchev–Trinajstić information content (AvgIpc) is 3.06. The highest BCUT2D eigenvalue weighted by Crippen LogP contribution is 2.33. The first kappa shape index (κ1) is 15.1. The highest BCUT2D eigenvalue weighted by molar-refractivity contribution is 7.94. The van der Waals surface area contributed by atoms with Crippen molar-refractivity contribution in [3.63, 3.8) is 0 Å². The molecule has 0 aromatic carbocycles. The molecule has 0 amide bonds. The number of thiazole rings is 1. The van der Waals surface area contributed by atoms with Gasteiger partial charge in [-0.3, -0.25) is 9.71 Å². The summed E-state index contributed by atoms with van der Waals surface area (Å²) in [6.45, 7) is 3.73. The molecule has 0 radical (unpaired) electrons. The molecule has 5 nitrogen and oxygen atoms in total. The maximum atomic E-state index is 12.3. The van der Waals surface area contributed by atoms with E-state index in [9.17, 15) is 8.42 Å². The standard InChI is InChI=1S/C14H13N3O2S3/c1-9-5-6-12(20-9)22(18,19)17-14-16-10(2)13(21-14)11-4-3-7-15-8-11/h3-8H,1-2H3,(H,16,17). The minimum Gasteiger partial charge on any atom is -0.264 e. The SMILES string of the molecule is Cc1ccc(S(=O)(=O)Nc2nc(C)c(-c3cccnc3)s2)s1. The zero-order valence-corrected chi connectivity index (χ0v) is 14.3. The molecule has 0 saturated heterocycles. The van der Waals surface area contributed by atoms with Crippen LogP contribution in [-0.4, -0.2) is 18.4 Å². The number of hydrogen-bond acceptors (Lipinski definition) is 6. The molecule has 0 atom stereocenters. The molecule has 3 heterocycles. The minimum absolute atomic E-state index is 0.292. The third-order valence-electron chi connectivity index (χ3n) is 2.92. The third-order valence-corrected chi connectivity index (χ3v) is 7.01. The predicted molar refractivity (Wildman–Crippen MR) is 89.9 cm³/mol. The third kappa shape index (κ3) is 3.03. The molecule has 0 aliphatic heterocycles. The van der Waals surface area contributed by atoms with Crippen molar-refractivity contribution in [3.05, 3.63) is 47.2 Å². The van der Waals surface area contributed by atoms with Gasteiger partial charge in [0.15, 0.2) is 5.13 Å². The van der Waals surface area contributed by atoms with E-state index in [-0.39, 0.29) is 0 Å². The largest absolute Gasteiger partial charge is 0.273 e. The number of rotatable bonds is 4. The number of hydrogen-bond donors (Lipinski definition) is 1. The molecule has 0 spiro atoms.